The second-order valence-corrected chi connectivity index (χ2v) is 3.58. The van der Waals surface area contributed by atoms with E-state index in [0.717, 1.165) is 4.57 Å². The Morgan fingerprint density at radius 2 is 1.94 bits per heavy atom. The molecular formula is C8H12N6O2. The summed E-state index contributed by atoms with van der Waals surface area (Å²) in [4.78, 5) is 30.2. The molecule has 8 nitrogen and oxygen atoms in total. The monoisotopic (exact) mass is 224 g/mol. The van der Waals surface area contributed by atoms with Crippen LogP contribution in [0.2, 0.25) is 0 Å². The lowest BCUT2D eigenvalue weighted by molar-refractivity contribution is 0.708. The van der Waals surface area contributed by atoms with Gasteiger partial charge in [-0.15, -0.1) is 0 Å². The van der Waals surface area contributed by atoms with E-state index >= 15 is 0 Å². The predicted octanol–water partition coefficient (Wildman–Crippen LogP) is -1.73. The van der Waals surface area contributed by atoms with Gasteiger partial charge in [0.2, 0.25) is 5.95 Å². The normalized spacial score (nSPS) is 11.0. The summed E-state index contributed by atoms with van der Waals surface area (Å²) in [5, 5.41) is 1.24. The summed E-state index contributed by atoms with van der Waals surface area (Å²) in [5.74, 6) is 5.82. The molecule has 0 amide bonds. The Morgan fingerprint density at radius 3 is 2.50 bits per heavy atom. The lowest BCUT2D eigenvalue weighted by atomic mass is 10.5. The topological polar surface area (TPSA) is 102 Å². The number of anilines is 1. The van der Waals surface area contributed by atoms with Crippen molar-refractivity contribution in [3.05, 3.63) is 20.8 Å². The molecule has 16 heavy (non-hydrogen) atoms. The number of hydrazine groups is 1. The summed E-state index contributed by atoms with van der Waals surface area (Å²) >= 11 is 0. The molecule has 8 heteroatoms. The van der Waals surface area contributed by atoms with Crippen molar-refractivity contribution in [1.82, 2.24) is 19.1 Å². The molecule has 0 aliphatic carbocycles. The Morgan fingerprint density at radius 1 is 1.31 bits per heavy atom. The largest absolute Gasteiger partial charge is 0.332 e. The Bertz CT molecular complexity index is 661. The average molecular weight is 224 g/mol. The Balaban J connectivity index is 2.98. The van der Waals surface area contributed by atoms with Crippen molar-refractivity contribution in [2.75, 3.05) is 12.1 Å². The van der Waals surface area contributed by atoms with Crippen LogP contribution in [0.15, 0.2) is 9.59 Å². The summed E-state index contributed by atoms with van der Waals surface area (Å²) in [6, 6.07) is 0. The summed E-state index contributed by atoms with van der Waals surface area (Å²) in [6.07, 6.45) is 0. The highest BCUT2D eigenvalue weighted by molar-refractivity contribution is 5.72. The molecule has 0 saturated heterocycles. The van der Waals surface area contributed by atoms with Gasteiger partial charge in [-0.25, -0.2) is 10.6 Å². The van der Waals surface area contributed by atoms with Gasteiger partial charge in [0.1, 0.15) is 0 Å². The minimum absolute atomic E-state index is 0.261. The first-order chi connectivity index (χ1) is 7.43. The van der Waals surface area contributed by atoms with Crippen LogP contribution in [0.4, 0.5) is 5.95 Å². The molecule has 2 heterocycles. The number of nitrogens with zero attached hydrogens (tertiary/aromatic N) is 4. The van der Waals surface area contributed by atoms with Crippen molar-refractivity contribution in [1.29, 1.82) is 0 Å². The van der Waals surface area contributed by atoms with E-state index in [2.05, 4.69) is 9.97 Å². The predicted molar refractivity (Wildman–Crippen MR) is 59.2 cm³/mol. The highest BCUT2D eigenvalue weighted by Crippen LogP contribution is 2.08. The number of nitrogens with one attached hydrogen (secondary N) is 1. The molecule has 0 unspecified atom stereocenters. The molecule has 0 aliphatic heterocycles. The fourth-order valence-corrected chi connectivity index (χ4v) is 1.48. The van der Waals surface area contributed by atoms with Gasteiger partial charge in [-0.3, -0.25) is 18.9 Å². The molecule has 2 aromatic heterocycles. The number of hydrogen-bond donors (Lipinski definition) is 2. The van der Waals surface area contributed by atoms with Gasteiger partial charge in [-0.1, -0.05) is 0 Å². The maximum Gasteiger partial charge on any atom is 0.332 e. The first-order valence-electron chi connectivity index (χ1n) is 4.57. The van der Waals surface area contributed by atoms with E-state index in [1.54, 1.807) is 14.1 Å². The zero-order valence-electron chi connectivity index (χ0n) is 9.18. The van der Waals surface area contributed by atoms with Crippen molar-refractivity contribution >= 4 is 17.1 Å². The van der Waals surface area contributed by atoms with Crippen molar-refractivity contribution < 1.29 is 0 Å². The lowest BCUT2D eigenvalue weighted by Gasteiger charge is -2.04. The summed E-state index contributed by atoms with van der Waals surface area (Å²) < 4.78 is 2.31. The van der Waals surface area contributed by atoms with Crippen LogP contribution in [-0.2, 0) is 14.1 Å². The number of nitrogens with two attached hydrogens (primary N) is 1. The van der Waals surface area contributed by atoms with E-state index in [4.69, 9.17) is 5.84 Å². The fourth-order valence-electron chi connectivity index (χ4n) is 1.48. The van der Waals surface area contributed by atoms with Crippen LogP contribution in [0, 0.1) is 0 Å². The Kier molecular flexibility index (Phi) is 2.09. The maximum absolute atomic E-state index is 11.8. The second-order valence-electron chi connectivity index (χ2n) is 3.58. The number of H-pyrrole nitrogens is 1. The standard InChI is InChI=1S/C8H12N6O2/c1-12-5-4(6(15)13(2)8(12)16)10-7(11-5)14(3)9/h9H2,1-3H3,(H,10,11). The van der Waals surface area contributed by atoms with E-state index in [9.17, 15) is 9.59 Å². The van der Waals surface area contributed by atoms with Crippen molar-refractivity contribution in [3.63, 3.8) is 0 Å². The minimum atomic E-state index is -0.421. The zero-order valence-corrected chi connectivity index (χ0v) is 9.18. The molecule has 2 aromatic rings. The molecule has 86 valence electrons. The zero-order chi connectivity index (χ0) is 12.0. The molecule has 0 fully saturated rings. The number of aryl methyl sites for hydroxylation is 1. The van der Waals surface area contributed by atoms with Crippen molar-refractivity contribution in [2.45, 2.75) is 0 Å². The van der Waals surface area contributed by atoms with Crippen molar-refractivity contribution in [3.8, 4) is 0 Å². The fraction of sp³-hybridized carbons (Fsp3) is 0.375. The van der Waals surface area contributed by atoms with E-state index < -0.39 is 11.2 Å². The summed E-state index contributed by atoms with van der Waals surface area (Å²) in [6.45, 7) is 0. The third-order valence-electron chi connectivity index (χ3n) is 2.42. The van der Waals surface area contributed by atoms with Crippen molar-refractivity contribution in [2.24, 2.45) is 19.9 Å². The van der Waals surface area contributed by atoms with Gasteiger partial charge in [0.15, 0.2) is 11.2 Å². The Hall–Kier alpha value is -2.09. The smallest absolute Gasteiger partial charge is 0.317 e. The van der Waals surface area contributed by atoms with E-state index in [1.165, 1.54) is 16.6 Å². The van der Waals surface area contributed by atoms with E-state index in [-0.39, 0.29) is 5.52 Å². The second kappa shape index (κ2) is 3.20. The van der Waals surface area contributed by atoms with Crippen LogP contribution in [0.25, 0.3) is 11.2 Å². The van der Waals surface area contributed by atoms with Crippen LogP contribution < -0.4 is 22.1 Å². The average Bonchev–Trinajstić information content (AvgIpc) is 2.68. The van der Waals surface area contributed by atoms with E-state index in [0.29, 0.717) is 11.6 Å². The molecule has 2 rings (SSSR count). The van der Waals surface area contributed by atoms with Gasteiger partial charge in [-0.05, 0) is 0 Å². The number of hydrogen-bond acceptors (Lipinski definition) is 5. The van der Waals surface area contributed by atoms with Gasteiger partial charge >= 0.3 is 5.69 Å². The van der Waals surface area contributed by atoms with Gasteiger partial charge in [0, 0.05) is 21.1 Å². The van der Waals surface area contributed by atoms with Crippen LogP contribution in [0.1, 0.15) is 0 Å². The van der Waals surface area contributed by atoms with Crippen LogP contribution in [0.5, 0.6) is 0 Å². The minimum Gasteiger partial charge on any atom is -0.317 e. The molecule has 0 aliphatic rings. The number of fused-ring (bicyclic) bond motifs is 1. The van der Waals surface area contributed by atoms with Crippen LogP contribution in [0.3, 0.4) is 0 Å². The van der Waals surface area contributed by atoms with E-state index in [1.807, 2.05) is 0 Å². The summed E-state index contributed by atoms with van der Waals surface area (Å²) in [7, 11) is 4.54. The number of rotatable bonds is 1. The van der Waals surface area contributed by atoms with Crippen LogP contribution in [-0.4, -0.2) is 26.1 Å². The van der Waals surface area contributed by atoms with Crippen LogP contribution >= 0.6 is 0 Å². The maximum atomic E-state index is 11.8. The third-order valence-corrected chi connectivity index (χ3v) is 2.42. The SMILES string of the molecule is CN(N)c1nc2c([nH]1)c(=O)n(C)c(=O)n2C. The van der Waals surface area contributed by atoms with Gasteiger partial charge in [-0.2, -0.15) is 4.98 Å². The molecule has 0 saturated carbocycles. The molecule has 0 radical (unpaired) electrons. The van der Waals surface area contributed by atoms with Gasteiger partial charge in [0.25, 0.3) is 5.56 Å². The molecular weight excluding hydrogens is 212 g/mol. The third kappa shape index (κ3) is 1.23. The number of aromatic amines is 1. The molecule has 0 bridgehead atoms. The first-order valence-corrected chi connectivity index (χ1v) is 4.57. The number of aromatic nitrogens is 4. The molecule has 0 aromatic carbocycles. The van der Waals surface area contributed by atoms with Gasteiger partial charge in [0.05, 0.1) is 0 Å². The first kappa shape index (κ1) is 10.4. The number of imidazole rings is 1. The highest BCUT2D eigenvalue weighted by Gasteiger charge is 2.13. The Labute approximate surface area is 89.9 Å². The molecule has 0 spiro atoms. The van der Waals surface area contributed by atoms with Gasteiger partial charge < -0.3 is 4.98 Å². The lowest BCUT2D eigenvalue weighted by Crippen LogP contribution is -2.36. The highest BCUT2D eigenvalue weighted by atomic mass is 16.2. The molecule has 3 N–H and O–H groups in total. The summed E-state index contributed by atoms with van der Waals surface area (Å²) in [5.41, 5.74) is -0.286. The quantitative estimate of drug-likeness (QED) is 0.442. The molecule has 0 atom stereocenters.